The fourth-order valence-electron chi connectivity index (χ4n) is 3.01. The molecule has 1 aliphatic rings. The van der Waals surface area contributed by atoms with Gasteiger partial charge in [0.05, 0.1) is 13.7 Å². The van der Waals surface area contributed by atoms with E-state index in [4.69, 9.17) is 9.47 Å². The summed E-state index contributed by atoms with van der Waals surface area (Å²) in [6.45, 7) is 8.77. The van der Waals surface area contributed by atoms with Gasteiger partial charge in [0, 0.05) is 38.2 Å². The predicted octanol–water partition coefficient (Wildman–Crippen LogP) is 2.03. The molecule has 2 unspecified atom stereocenters. The zero-order chi connectivity index (χ0) is 19.6. The molecular weight excluding hydrogens is 344 g/mol. The number of nitrogens with zero attached hydrogens (tertiary/aromatic N) is 2. The fourth-order valence-corrected chi connectivity index (χ4v) is 3.01. The number of aliphatic imine (C=N–C) groups is 1. The van der Waals surface area contributed by atoms with Crippen LogP contribution in [0.4, 0.5) is 0 Å². The minimum atomic E-state index is -0.0747. The zero-order valence-corrected chi connectivity index (χ0v) is 16.8. The van der Waals surface area contributed by atoms with Crippen LogP contribution in [0, 0.1) is 0 Å². The number of nitrogens with one attached hydrogen (secondary N) is 2. The monoisotopic (exact) mass is 376 g/mol. The van der Waals surface area contributed by atoms with Crippen LogP contribution in [0.5, 0.6) is 11.5 Å². The van der Waals surface area contributed by atoms with Gasteiger partial charge in [-0.2, -0.15) is 0 Å². The Morgan fingerprint density at radius 2 is 2.15 bits per heavy atom. The Hall–Kier alpha value is -2.44. The highest BCUT2D eigenvalue weighted by Crippen LogP contribution is 2.20. The van der Waals surface area contributed by atoms with Crippen LogP contribution in [0.25, 0.3) is 0 Å². The molecule has 150 valence electrons. The Bertz CT molecular complexity index is 635. The zero-order valence-electron chi connectivity index (χ0n) is 16.8. The average Bonchev–Trinajstić information content (AvgIpc) is 3.14. The Labute approximate surface area is 162 Å². The molecule has 0 saturated carbocycles. The van der Waals surface area contributed by atoms with Crippen LogP contribution >= 0.6 is 0 Å². The highest BCUT2D eigenvalue weighted by Gasteiger charge is 2.25. The van der Waals surface area contributed by atoms with Crippen molar-refractivity contribution in [2.45, 2.75) is 45.8 Å². The number of benzene rings is 1. The van der Waals surface area contributed by atoms with E-state index in [2.05, 4.69) is 15.6 Å². The molecule has 2 N–H and O–H groups in total. The van der Waals surface area contributed by atoms with Crippen LogP contribution in [-0.4, -0.2) is 62.2 Å². The van der Waals surface area contributed by atoms with Gasteiger partial charge in [0.1, 0.15) is 17.6 Å². The summed E-state index contributed by atoms with van der Waals surface area (Å²) in [6.07, 6.45) is 1.42. The first-order chi connectivity index (χ1) is 13.0. The van der Waals surface area contributed by atoms with Gasteiger partial charge in [0.15, 0.2) is 5.96 Å². The van der Waals surface area contributed by atoms with Crippen LogP contribution in [0.1, 0.15) is 33.6 Å². The molecule has 1 amide bonds. The van der Waals surface area contributed by atoms with Crippen LogP contribution in [0.15, 0.2) is 29.3 Å². The quantitative estimate of drug-likeness (QED) is 0.536. The third-order valence-corrected chi connectivity index (χ3v) is 4.41. The van der Waals surface area contributed by atoms with Gasteiger partial charge in [-0.1, -0.05) is 13.0 Å². The largest absolute Gasteiger partial charge is 0.497 e. The highest BCUT2D eigenvalue weighted by molar-refractivity contribution is 5.80. The molecule has 1 aromatic rings. The molecule has 2 atom stereocenters. The number of likely N-dealkylation sites (tertiary alicyclic amines) is 1. The second kappa shape index (κ2) is 10.6. The number of methoxy groups -OCH3 is 1. The van der Waals surface area contributed by atoms with Crippen molar-refractivity contribution in [3.05, 3.63) is 24.3 Å². The smallest absolute Gasteiger partial charge is 0.222 e. The van der Waals surface area contributed by atoms with E-state index in [1.54, 1.807) is 7.11 Å². The first-order valence-corrected chi connectivity index (χ1v) is 9.69. The number of carbonyl (C=O) groups is 1. The average molecular weight is 377 g/mol. The summed E-state index contributed by atoms with van der Waals surface area (Å²) >= 11 is 0. The van der Waals surface area contributed by atoms with Crippen LogP contribution < -0.4 is 20.1 Å². The van der Waals surface area contributed by atoms with E-state index in [0.717, 1.165) is 43.5 Å². The van der Waals surface area contributed by atoms with Gasteiger partial charge in [-0.15, -0.1) is 0 Å². The first kappa shape index (κ1) is 20.9. The van der Waals surface area contributed by atoms with Gasteiger partial charge in [0.2, 0.25) is 5.91 Å². The molecule has 1 saturated heterocycles. The number of hydrogen-bond donors (Lipinski definition) is 2. The van der Waals surface area contributed by atoms with Gasteiger partial charge in [-0.05, 0) is 32.4 Å². The summed E-state index contributed by atoms with van der Waals surface area (Å²) in [4.78, 5) is 18.4. The molecule has 1 fully saturated rings. The Morgan fingerprint density at radius 1 is 1.37 bits per heavy atom. The molecule has 1 aromatic carbocycles. The van der Waals surface area contributed by atoms with Gasteiger partial charge in [0.25, 0.3) is 0 Å². The summed E-state index contributed by atoms with van der Waals surface area (Å²) in [5, 5.41) is 6.70. The van der Waals surface area contributed by atoms with E-state index in [1.807, 2.05) is 49.9 Å². The normalized spacial score (nSPS) is 18.1. The SMILES string of the molecule is CCNC(=NCC(C)Oc1cccc(OC)c1)NC1CCN(C(=O)CC)C1. The maximum atomic E-state index is 11.8. The third-order valence-electron chi connectivity index (χ3n) is 4.41. The Morgan fingerprint density at radius 3 is 2.85 bits per heavy atom. The molecule has 0 bridgehead atoms. The third kappa shape index (κ3) is 6.66. The number of rotatable bonds is 8. The predicted molar refractivity (Wildman–Crippen MR) is 107 cm³/mol. The lowest BCUT2D eigenvalue weighted by Gasteiger charge is -2.19. The van der Waals surface area contributed by atoms with E-state index in [0.29, 0.717) is 13.0 Å². The number of ether oxygens (including phenoxy) is 2. The van der Waals surface area contributed by atoms with Gasteiger partial charge in [-0.25, -0.2) is 4.99 Å². The van der Waals surface area contributed by atoms with Gasteiger partial charge >= 0.3 is 0 Å². The maximum absolute atomic E-state index is 11.8. The van der Waals surface area contributed by atoms with Crippen molar-refractivity contribution in [2.24, 2.45) is 4.99 Å². The lowest BCUT2D eigenvalue weighted by Crippen LogP contribution is -2.45. The molecule has 0 radical (unpaired) electrons. The maximum Gasteiger partial charge on any atom is 0.222 e. The van der Waals surface area contributed by atoms with Crippen molar-refractivity contribution in [1.82, 2.24) is 15.5 Å². The second-order valence-corrected chi connectivity index (χ2v) is 6.65. The fraction of sp³-hybridized carbons (Fsp3) is 0.600. The van der Waals surface area contributed by atoms with Crippen LogP contribution in [-0.2, 0) is 4.79 Å². The van der Waals surface area contributed by atoms with Crippen molar-refractivity contribution in [3.63, 3.8) is 0 Å². The van der Waals surface area contributed by atoms with E-state index < -0.39 is 0 Å². The summed E-state index contributed by atoms with van der Waals surface area (Å²) in [5.74, 6) is 2.50. The second-order valence-electron chi connectivity index (χ2n) is 6.65. The molecule has 1 aliphatic heterocycles. The number of amides is 1. The number of carbonyl (C=O) groups excluding carboxylic acids is 1. The molecule has 2 rings (SSSR count). The molecule has 27 heavy (non-hydrogen) atoms. The summed E-state index contributed by atoms with van der Waals surface area (Å²) < 4.78 is 11.1. The van der Waals surface area contributed by atoms with Gasteiger partial charge < -0.3 is 25.0 Å². The first-order valence-electron chi connectivity index (χ1n) is 9.69. The van der Waals surface area contributed by atoms with Crippen molar-refractivity contribution >= 4 is 11.9 Å². The van der Waals surface area contributed by atoms with Crippen molar-refractivity contribution < 1.29 is 14.3 Å². The Balaban J connectivity index is 1.87. The van der Waals surface area contributed by atoms with Crippen molar-refractivity contribution in [3.8, 4) is 11.5 Å². The summed E-state index contributed by atoms with van der Waals surface area (Å²) in [5.41, 5.74) is 0. The highest BCUT2D eigenvalue weighted by atomic mass is 16.5. The van der Waals surface area contributed by atoms with E-state index >= 15 is 0 Å². The van der Waals surface area contributed by atoms with Crippen molar-refractivity contribution in [1.29, 1.82) is 0 Å². The molecule has 1 heterocycles. The molecule has 7 nitrogen and oxygen atoms in total. The molecule has 0 aromatic heterocycles. The standard InChI is InChI=1S/C20H32N4O3/c1-5-19(25)24-11-10-16(14-24)23-20(21-6-2)22-13-15(3)27-18-9-7-8-17(12-18)26-4/h7-9,12,15-16H,5-6,10-11,13-14H2,1-4H3,(H2,21,22,23). The van der Waals surface area contributed by atoms with E-state index in [1.165, 1.54) is 0 Å². The molecular formula is C20H32N4O3. The lowest BCUT2D eigenvalue weighted by molar-refractivity contribution is -0.129. The molecule has 7 heteroatoms. The summed E-state index contributed by atoms with van der Waals surface area (Å²) in [6, 6.07) is 7.79. The van der Waals surface area contributed by atoms with Gasteiger partial charge in [-0.3, -0.25) is 4.79 Å². The van der Waals surface area contributed by atoms with Crippen molar-refractivity contribution in [2.75, 3.05) is 33.3 Å². The molecule has 0 spiro atoms. The minimum absolute atomic E-state index is 0.0747. The minimum Gasteiger partial charge on any atom is -0.497 e. The molecule has 0 aliphatic carbocycles. The number of hydrogen-bond acceptors (Lipinski definition) is 4. The van der Waals surface area contributed by atoms with E-state index in [9.17, 15) is 4.79 Å². The Kier molecular flexibility index (Phi) is 8.23. The van der Waals surface area contributed by atoms with Crippen LogP contribution in [0.3, 0.4) is 0 Å². The van der Waals surface area contributed by atoms with E-state index in [-0.39, 0.29) is 18.1 Å². The number of guanidine groups is 1. The summed E-state index contributed by atoms with van der Waals surface area (Å²) in [7, 11) is 1.64. The van der Waals surface area contributed by atoms with Crippen LogP contribution in [0.2, 0.25) is 0 Å². The topological polar surface area (TPSA) is 75.2 Å². The lowest BCUT2D eigenvalue weighted by atomic mass is 10.3.